The van der Waals surface area contributed by atoms with Gasteiger partial charge in [0.15, 0.2) is 0 Å². The molecule has 15 aromatic rings. The first-order chi connectivity index (χ1) is 43.1. The highest BCUT2D eigenvalue weighted by Crippen LogP contribution is 2.38. The zero-order valence-electron chi connectivity index (χ0n) is 48.1. The van der Waals surface area contributed by atoms with Crippen molar-refractivity contribution in [3.63, 3.8) is 0 Å². The van der Waals surface area contributed by atoms with E-state index in [9.17, 15) is 0 Å². The van der Waals surface area contributed by atoms with Gasteiger partial charge in [-0.2, -0.15) is 0 Å². The SMILES string of the molecule is c1cc(Nc2ccccc2-c2cccc3ccccc23)cc(-c2cccc3ccccc23)c1.c1ccc(-c2cccc(Nc3cccc(-c4ccc5ccccc5c4)c3)c2)cc1.c1ccc(-c2cccc(Nc3ccccc3-c3ccccc3)c2)cc1. The second-order valence-electron chi connectivity index (χ2n) is 21.5. The van der Waals surface area contributed by atoms with Crippen LogP contribution in [0.4, 0.5) is 34.1 Å². The summed E-state index contributed by atoms with van der Waals surface area (Å²) in [6, 6.07) is 128. The molecule has 0 aliphatic carbocycles. The van der Waals surface area contributed by atoms with Gasteiger partial charge in [-0.25, -0.2) is 0 Å². The Bertz CT molecular complexity index is 4770. The Kier molecular flexibility index (Phi) is 16.6. The van der Waals surface area contributed by atoms with Crippen LogP contribution in [0.3, 0.4) is 0 Å². The Morgan fingerprint density at radius 2 is 0.483 bits per heavy atom. The van der Waals surface area contributed by atoms with E-state index in [4.69, 9.17) is 0 Å². The van der Waals surface area contributed by atoms with Crippen LogP contribution in [-0.2, 0) is 0 Å². The first-order valence-electron chi connectivity index (χ1n) is 29.6. The number of nitrogens with one attached hydrogen (secondary N) is 3. The minimum atomic E-state index is 1.08. The fourth-order valence-corrected chi connectivity index (χ4v) is 11.4. The van der Waals surface area contributed by atoms with E-state index in [1.807, 2.05) is 18.2 Å². The van der Waals surface area contributed by atoms with E-state index in [0.29, 0.717) is 0 Å². The van der Waals surface area contributed by atoms with Crippen molar-refractivity contribution in [3.05, 3.63) is 364 Å². The van der Waals surface area contributed by atoms with E-state index in [0.717, 1.165) is 34.1 Å². The number of hydrogen-bond acceptors (Lipinski definition) is 3. The van der Waals surface area contributed by atoms with Crippen molar-refractivity contribution < 1.29 is 0 Å². The van der Waals surface area contributed by atoms with Crippen molar-refractivity contribution >= 4 is 66.4 Å². The molecule has 0 saturated heterocycles. The second kappa shape index (κ2) is 26.4. The summed E-state index contributed by atoms with van der Waals surface area (Å²) in [6.07, 6.45) is 0. The summed E-state index contributed by atoms with van der Waals surface area (Å²) in [6.45, 7) is 0. The molecule has 3 heteroatoms. The average molecular weight is 1110 g/mol. The quantitative estimate of drug-likeness (QED) is 0.114. The maximum absolute atomic E-state index is 3.69. The molecule has 15 aromatic carbocycles. The number of rotatable bonds is 12. The molecule has 0 unspecified atom stereocenters. The minimum absolute atomic E-state index is 1.08. The van der Waals surface area contributed by atoms with E-state index in [1.54, 1.807) is 0 Å². The van der Waals surface area contributed by atoms with Crippen LogP contribution in [-0.4, -0.2) is 0 Å². The molecular weight excluding hydrogens is 1050 g/mol. The highest BCUT2D eigenvalue weighted by atomic mass is 14.9. The van der Waals surface area contributed by atoms with Crippen molar-refractivity contribution in [2.75, 3.05) is 16.0 Å². The normalized spacial score (nSPS) is 10.8. The molecule has 0 aromatic heterocycles. The maximum atomic E-state index is 3.69. The molecule has 0 saturated carbocycles. The molecule has 3 nitrogen and oxygen atoms in total. The third-order valence-corrected chi connectivity index (χ3v) is 15.7. The number of anilines is 6. The molecule has 0 amide bonds. The number of hydrogen-bond donors (Lipinski definition) is 3. The fraction of sp³-hybridized carbons (Fsp3) is 0. The van der Waals surface area contributed by atoms with Gasteiger partial charge in [-0.3, -0.25) is 0 Å². The summed E-state index contributed by atoms with van der Waals surface area (Å²) in [5.41, 5.74) is 21.2. The molecule has 15 rings (SSSR count). The maximum Gasteiger partial charge on any atom is 0.0464 e. The highest BCUT2D eigenvalue weighted by Gasteiger charge is 2.12. The molecule has 0 aliphatic rings. The van der Waals surface area contributed by atoms with Gasteiger partial charge in [-0.1, -0.05) is 297 Å². The summed E-state index contributed by atoms with van der Waals surface area (Å²) in [5.74, 6) is 0. The van der Waals surface area contributed by atoms with Crippen molar-refractivity contribution in [3.8, 4) is 66.8 Å². The van der Waals surface area contributed by atoms with Gasteiger partial charge in [0.2, 0.25) is 0 Å². The third kappa shape index (κ3) is 13.2. The van der Waals surface area contributed by atoms with Gasteiger partial charge < -0.3 is 16.0 Å². The Balaban J connectivity index is 0.000000122. The Morgan fingerprint density at radius 1 is 0.149 bits per heavy atom. The van der Waals surface area contributed by atoms with Gasteiger partial charge >= 0.3 is 0 Å². The molecule has 0 spiro atoms. The van der Waals surface area contributed by atoms with E-state index in [1.165, 1.54) is 99.1 Å². The van der Waals surface area contributed by atoms with Crippen LogP contribution in [0.15, 0.2) is 364 Å². The predicted molar refractivity (Wildman–Crippen MR) is 374 cm³/mol. The first-order valence-corrected chi connectivity index (χ1v) is 29.6. The van der Waals surface area contributed by atoms with Crippen LogP contribution in [0.25, 0.3) is 99.1 Å². The minimum Gasteiger partial charge on any atom is -0.355 e. The fourth-order valence-electron chi connectivity index (χ4n) is 11.4. The highest BCUT2D eigenvalue weighted by molar-refractivity contribution is 6.01. The van der Waals surface area contributed by atoms with E-state index >= 15 is 0 Å². The molecule has 0 bridgehead atoms. The summed E-state index contributed by atoms with van der Waals surface area (Å²) in [7, 11) is 0. The van der Waals surface area contributed by atoms with Crippen LogP contribution < -0.4 is 16.0 Å². The Hall–Kier alpha value is -11.5. The van der Waals surface area contributed by atoms with Gasteiger partial charge in [0.1, 0.15) is 0 Å². The lowest BCUT2D eigenvalue weighted by Crippen LogP contribution is -1.94. The average Bonchev–Trinajstić information content (AvgIpc) is 3.71. The largest absolute Gasteiger partial charge is 0.355 e. The van der Waals surface area contributed by atoms with Crippen LogP contribution in [0.5, 0.6) is 0 Å². The monoisotopic (exact) mass is 1110 g/mol. The van der Waals surface area contributed by atoms with Gasteiger partial charge in [-0.05, 0) is 155 Å². The van der Waals surface area contributed by atoms with Gasteiger partial charge in [0.05, 0.1) is 0 Å². The standard InChI is InChI=1S/C32H23N.C28H21N.C24H19N/c1-3-16-27-23(10-1)12-8-19-29(27)25-14-7-15-26(22-25)33-32-21-6-5-18-31(32)30-20-9-13-24-11-2-4-17-28(24)30;1-2-8-21(9-3-1)24-12-6-14-27(19-24)29-28-15-7-13-25(20-28)26-17-16-22-10-4-5-11-23(22)18-26;1-3-10-19(11-4-1)21-14-9-15-22(18-21)25-24-17-8-7-16-23(24)20-12-5-2-6-13-20/h1-22,33H;1-20,29H;1-18,25H. The van der Waals surface area contributed by atoms with E-state index < -0.39 is 0 Å². The molecule has 87 heavy (non-hydrogen) atoms. The smallest absolute Gasteiger partial charge is 0.0464 e. The van der Waals surface area contributed by atoms with Crippen LogP contribution in [0.1, 0.15) is 0 Å². The van der Waals surface area contributed by atoms with Crippen LogP contribution in [0, 0.1) is 0 Å². The zero-order valence-corrected chi connectivity index (χ0v) is 48.1. The molecule has 0 aliphatic heterocycles. The van der Waals surface area contributed by atoms with Crippen LogP contribution >= 0.6 is 0 Å². The summed E-state index contributed by atoms with van der Waals surface area (Å²) in [4.78, 5) is 0. The molecule has 0 radical (unpaired) electrons. The second-order valence-corrected chi connectivity index (χ2v) is 21.5. The van der Waals surface area contributed by atoms with Gasteiger partial charge in [0, 0.05) is 45.3 Å². The molecule has 0 heterocycles. The van der Waals surface area contributed by atoms with Crippen molar-refractivity contribution in [2.45, 2.75) is 0 Å². The van der Waals surface area contributed by atoms with E-state index in [-0.39, 0.29) is 0 Å². The molecule has 0 fully saturated rings. The zero-order chi connectivity index (χ0) is 58.4. The first kappa shape index (κ1) is 54.7. The van der Waals surface area contributed by atoms with Gasteiger partial charge in [0.25, 0.3) is 0 Å². The van der Waals surface area contributed by atoms with Crippen molar-refractivity contribution in [2.24, 2.45) is 0 Å². The number of para-hydroxylation sites is 2. The molecular formula is C84H63N3. The molecule has 0 atom stereocenters. The number of benzene rings is 15. The van der Waals surface area contributed by atoms with E-state index in [2.05, 4.69) is 362 Å². The lowest BCUT2D eigenvalue weighted by atomic mass is 9.96. The summed E-state index contributed by atoms with van der Waals surface area (Å²) < 4.78 is 0. The van der Waals surface area contributed by atoms with Crippen molar-refractivity contribution in [1.82, 2.24) is 0 Å². The molecule has 414 valence electrons. The summed E-state index contributed by atoms with van der Waals surface area (Å²) in [5, 5.41) is 18.4. The number of fused-ring (bicyclic) bond motifs is 3. The Labute approximate surface area is 510 Å². The topological polar surface area (TPSA) is 36.1 Å². The van der Waals surface area contributed by atoms with Crippen LogP contribution in [0.2, 0.25) is 0 Å². The third-order valence-electron chi connectivity index (χ3n) is 15.7. The van der Waals surface area contributed by atoms with Crippen molar-refractivity contribution in [1.29, 1.82) is 0 Å². The summed E-state index contributed by atoms with van der Waals surface area (Å²) >= 11 is 0. The lowest BCUT2D eigenvalue weighted by Gasteiger charge is -2.15. The Morgan fingerprint density at radius 3 is 1.05 bits per heavy atom. The van der Waals surface area contributed by atoms with Gasteiger partial charge in [-0.15, -0.1) is 0 Å². The predicted octanol–water partition coefficient (Wildman–Crippen LogP) is 23.8. The molecule has 3 N–H and O–H groups in total. The lowest BCUT2D eigenvalue weighted by molar-refractivity contribution is 1.52.